The van der Waals surface area contributed by atoms with Crippen molar-refractivity contribution < 1.29 is 20.4 Å². The third kappa shape index (κ3) is 11.5. The van der Waals surface area contributed by atoms with Crippen molar-refractivity contribution in [2.45, 2.75) is 93.1 Å². The van der Waals surface area contributed by atoms with Crippen LogP contribution in [0.1, 0.15) is 102 Å². The number of hydrazine groups is 1. The molecule has 1 aliphatic heterocycles. The van der Waals surface area contributed by atoms with E-state index in [0.29, 0.717) is 12.3 Å². The molecule has 2 aliphatic rings. The average Bonchev–Trinajstić information content (AvgIpc) is 4.03. The Balaban J connectivity index is 0.000000481. The summed E-state index contributed by atoms with van der Waals surface area (Å²) >= 11 is 0. The molecular weight excluding hydrogens is 600 g/mol. The molecule has 1 radical (unpaired) electrons. The summed E-state index contributed by atoms with van der Waals surface area (Å²) in [5, 5.41) is 3.34. The number of hydrogen-bond acceptors (Lipinski definition) is 8. The third-order valence-corrected chi connectivity index (χ3v) is 8.06. The molecular formula is C40H59N4O4. The van der Waals surface area contributed by atoms with Crippen molar-refractivity contribution in [3.63, 3.8) is 0 Å². The Hall–Kier alpha value is -4.14. The highest BCUT2D eigenvalue weighted by Crippen LogP contribution is 2.39. The maximum atomic E-state index is 12.7. The van der Waals surface area contributed by atoms with Gasteiger partial charge in [0.2, 0.25) is 5.88 Å². The normalized spacial score (nSPS) is 12.7. The van der Waals surface area contributed by atoms with Gasteiger partial charge in [0.05, 0.1) is 23.0 Å². The van der Waals surface area contributed by atoms with E-state index >= 15 is 0 Å². The van der Waals surface area contributed by atoms with Crippen LogP contribution >= 0.6 is 0 Å². The molecule has 3 aromatic rings. The van der Waals surface area contributed by atoms with E-state index in [4.69, 9.17) is 15.3 Å². The number of rotatable bonds is 14. The van der Waals surface area contributed by atoms with Crippen molar-refractivity contribution in [2.75, 3.05) is 31.5 Å². The number of anilines is 2. The fraction of sp³-hybridized carbons (Fsp3) is 0.425. The zero-order valence-electron chi connectivity index (χ0n) is 30.7. The molecule has 0 spiro atoms. The second kappa shape index (κ2) is 21.0. The Morgan fingerprint density at radius 1 is 1.04 bits per heavy atom. The highest BCUT2D eigenvalue weighted by Gasteiger charge is 2.26. The van der Waals surface area contributed by atoms with Gasteiger partial charge in [0.25, 0.3) is 0 Å². The molecule has 8 heteroatoms. The number of nitrogens with one attached hydrogen (secondary N) is 2. The van der Waals surface area contributed by atoms with Gasteiger partial charge >= 0.3 is 0 Å². The number of ether oxygens (including phenoxy) is 3. The van der Waals surface area contributed by atoms with Crippen LogP contribution < -0.4 is 21.3 Å². The van der Waals surface area contributed by atoms with Gasteiger partial charge in [0.1, 0.15) is 6.26 Å². The monoisotopic (exact) mass is 659 g/mol. The van der Waals surface area contributed by atoms with Crippen LogP contribution in [0.15, 0.2) is 66.6 Å². The fourth-order valence-electron chi connectivity index (χ4n) is 5.30. The highest BCUT2D eigenvalue weighted by atomic mass is 16.5. The second-order valence-electron chi connectivity index (χ2n) is 11.3. The largest absolute Gasteiger partial charge is 0.474 e. The Labute approximate surface area is 290 Å². The number of methoxy groups -OCH3 is 1. The molecule has 0 saturated heterocycles. The summed E-state index contributed by atoms with van der Waals surface area (Å²) in [5.74, 6) is 7.58. The van der Waals surface area contributed by atoms with Gasteiger partial charge in [-0.25, -0.2) is 4.98 Å². The average molecular weight is 660 g/mol. The van der Waals surface area contributed by atoms with Gasteiger partial charge in [-0.15, -0.1) is 0 Å². The zero-order chi connectivity index (χ0) is 35.6. The number of aryl methyl sites for hydroxylation is 2. The fourth-order valence-corrected chi connectivity index (χ4v) is 5.30. The van der Waals surface area contributed by atoms with E-state index in [2.05, 4.69) is 92.3 Å². The number of Topliss-reactive ketones (excluding diaryl/α,β-unsaturated/α-hetero) is 1. The number of benzene rings is 2. The number of aromatic nitrogens is 1. The first kappa shape index (κ1) is 40.0. The Morgan fingerprint density at radius 3 is 2.25 bits per heavy atom. The number of allylic oxidation sites excluding steroid dienone is 2. The van der Waals surface area contributed by atoms with E-state index in [9.17, 15) is 4.79 Å². The molecule has 48 heavy (non-hydrogen) atoms. The van der Waals surface area contributed by atoms with Crippen molar-refractivity contribution in [2.24, 2.45) is 5.84 Å². The lowest BCUT2D eigenvalue weighted by Crippen LogP contribution is -2.15. The van der Waals surface area contributed by atoms with Crippen LogP contribution in [0.25, 0.3) is 5.76 Å². The third-order valence-electron chi connectivity index (χ3n) is 8.06. The number of ketones is 1. The van der Waals surface area contributed by atoms with Crippen molar-refractivity contribution in [1.29, 1.82) is 0 Å². The second-order valence-corrected chi connectivity index (χ2v) is 11.3. The van der Waals surface area contributed by atoms with Crippen molar-refractivity contribution in [1.82, 2.24) is 4.98 Å². The molecule has 2 heterocycles. The molecule has 2 aromatic carbocycles. The first-order valence-electron chi connectivity index (χ1n) is 17.2. The number of carbonyl (C=O) groups is 1. The van der Waals surface area contributed by atoms with Gasteiger partial charge in [-0.2, -0.15) is 0 Å². The minimum absolute atomic E-state index is 0. The van der Waals surface area contributed by atoms with Gasteiger partial charge in [0.15, 0.2) is 11.5 Å². The molecule has 0 bridgehead atoms. The first-order valence-corrected chi connectivity index (χ1v) is 17.2. The number of hydrogen-bond donors (Lipinski definition) is 3. The lowest BCUT2D eigenvalue weighted by Gasteiger charge is -2.24. The van der Waals surface area contributed by atoms with Gasteiger partial charge in [-0.05, 0) is 91.6 Å². The molecule has 0 saturated carbocycles. The summed E-state index contributed by atoms with van der Waals surface area (Å²) in [5.41, 5.74) is 12.5. The van der Waals surface area contributed by atoms with Gasteiger partial charge < -0.3 is 25.0 Å². The summed E-state index contributed by atoms with van der Waals surface area (Å²) in [6.45, 7) is 17.5. The Bertz CT molecular complexity index is 1520. The predicted octanol–water partition coefficient (Wildman–Crippen LogP) is 9.33. The standard InChI is InChI=1S/C24H30N3O.C12H15NO2.C2H6O.C2H6.H2/c1-5-17-13-19(8-7-15(17)3)21(14-23(28)18-9-10-18)20-11-12-22(26-6-2)24(27-25)16(20)4;1-3-9(4-2)15-12-10(11-8-14-11)6-5-7-13-12;1-3-2;1-2;/h7-13,21,26-27H,5-6,14,25H2,1-4H3;5-9H,3-4H2,1-2H3;1-2H3;1-2H3;1H/t21-;;;;/m0..../s1. The summed E-state index contributed by atoms with van der Waals surface area (Å²) < 4.78 is 15.1. The summed E-state index contributed by atoms with van der Waals surface area (Å²) in [6, 6.07) is 14.6. The van der Waals surface area contributed by atoms with Crippen LogP contribution in [-0.2, 0) is 20.7 Å². The minimum Gasteiger partial charge on any atom is -0.474 e. The number of nitrogen functional groups attached to an aromatic ring is 1. The van der Waals surface area contributed by atoms with Gasteiger partial charge in [-0.3, -0.25) is 10.6 Å². The molecule has 263 valence electrons. The van der Waals surface area contributed by atoms with Crippen LogP contribution in [0.4, 0.5) is 11.4 Å². The van der Waals surface area contributed by atoms with E-state index in [-0.39, 0.29) is 19.2 Å². The van der Waals surface area contributed by atoms with E-state index in [0.717, 1.165) is 65.2 Å². The summed E-state index contributed by atoms with van der Waals surface area (Å²) in [6.07, 6.45) is 10.9. The maximum absolute atomic E-state index is 12.7. The first-order chi connectivity index (χ1) is 23.3. The number of nitrogens with zero attached hydrogens (tertiary/aromatic N) is 1. The number of pyridine rings is 1. The quantitative estimate of drug-likeness (QED) is 0.116. The molecule has 0 fully saturated rings. The SMILES string of the molecule is CC.CCC(CC)Oc1ncccc1C1=CO1.CCNc1ccc([C@@H](CC(=O)C2=C[CH]2)c2ccc(C)c(CC)c2)c(C)c1NN.COC.[HH]. The van der Waals surface area contributed by atoms with Crippen molar-refractivity contribution >= 4 is 22.9 Å². The van der Waals surface area contributed by atoms with Crippen LogP contribution in [0, 0.1) is 20.3 Å². The number of nitrogens with two attached hydrogens (primary N) is 1. The predicted molar refractivity (Wildman–Crippen MR) is 202 cm³/mol. The maximum Gasteiger partial charge on any atom is 0.224 e. The highest BCUT2D eigenvalue weighted by molar-refractivity contribution is 6.03. The minimum atomic E-state index is -0.00363. The smallest absolute Gasteiger partial charge is 0.224 e. The zero-order valence-corrected chi connectivity index (χ0v) is 30.7. The number of carbonyl (C=O) groups excluding carboxylic acids is 1. The molecule has 4 N–H and O–H groups in total. The molecule has 0 unspecified atom stereocenters. The molecule has 8 nitrogen and oxygen atoms in total. The van der Waals surface area contributed by atoms with Crippen LogP contribution in [0.3, 0.4) is 0 Å². The van der Waals surface area contributed by atoms with Crippen molar-refractivity contribution in [3.05, 3.63) is 106 Å². The molecule has 0 amide bonds. The molecule has 1 aliphatic carbocycles. The van der Waals surface area contributed by atoms with E-state index in [1.165, 1.54) is 16.7 Å². The van der Waals surface area contributed by atoms with Crippen LogP contribution in [0.5, 0.6) is 5.88 Å². The lowest BCUT2D eigenvalue weighted by molar-refractivity contribution is -0.115. The summed E-state index contributed by atoms with van der Waals surface area (Å²) in [7, 11) is 3.25. The Kier molecular flexibility index (Phi) is 17.5. The van der Waals surface area contributed by atoms with E-state index in [1.54, 1.807) is 26.7 Å². The topological polar surface area (TPSA) is 111 Å². The molecule has 1 atom stereocenters. The van der Waals surface area contributed by atoms with Gasteiger partial charge in [-0.1, -0.05) is 65.0 Å². The van der Waals surface area contributed by atoms with E-state index < -0.39 is 0 Å². The summed E-state index contributed by atoms with van der Waals surface area (Å²) in [4.78, 5) is 16.9. The van der Waals surface area contributed by atoms with Gasteiger partial charge in [0, 0.05) is 47.1 Å². The lowest BCUT2D eigenvalue weighted by atomic mass is 9.82. The van der Waals surface area contributed by atoms with Crippen molar-refractivity contribution in [3.8, 4) is 5.88 Å². The van der Waals surface area contributed by atoms with Crippen LogP contribution in [-0.4, -0.2) is 37.6 Å². The van der Waals surface area contributed by atoms with E-state index in [1.807, 2.05) is 38.5 Å². The molecule has 1 aromatic heterocycles. The van der Waals surface area contributed by atoms with Crippen LogP contribution in [0.2, 0.25) is 0 Å². The Morgan fingerprint density at radius 2 is 1.71 bits per heavy atom. The molecule has 5 rings (SSSR count).